The molecule has 5 heteroatoms. The molecule has 0 fully saturated rings. The van der Waals surface area contributed by atoms with Crippen molar-refractivity contribution in [1.29, 1.82) is 0 Å². The largest absolute Gasteiger partial charge is 0.398 e. The van der Waals surface area contributed by atoms with Gasteiger partial charge in [-0.1, -0.05) is 12.1 Å². The lowest BCUT2D eigenvalue weighted by atomic mass is 10.2. The number of hydrogen-bond acceptors (Lipinski definition) is 3. The van der Waals surface area contributed by atoms with E-state index in [0.29, 0.717) is 6.42 Å². The third kappa shape index (κ3) is 3.57. The summed E-state index contributed by atoms with van der Waals surface area (Å²) in [6, 6.07) is 4.70. The Morgan fingerprint density at radius 3 is 2.71 bits per heavy atom. The molecular formula is C12H18N2O2S. The normalized spacial score (nSPS) is 13.3. The molecule has 0 saturated heterocycles. The highest BCUT2D eigenvalue weighted by Gasteiger charge is 2.19. The lowest BCUT2D eigenvalue weighted by Gasteiger charge is -2.14. The average molecular weight is 254 g/mol. The SMILES string of the molecule is C=CCC(C)NS(=O)(=O)c1ccc(C)cc1N. The zero-order chi connectivity index (χ0) is 13.1. The fourth-order valence-corrected chi connectivity index (χ4v) is 2.91. The zero-order valence-electron chi connectivity index (χ0n) is 10.1. The van der Waals surface area contributed by atoms with E-state index in [1.54, 1.807) is 25.1 Å². The summed E-state index contributed by atoms with van der Waals surface area (Å²) in [7, 11) is -3.55. The Hall–Kier alpha value is -1.33. The second-order valence-electron chi connectivity index (χ2n) is 4.09. The zero-order valence-corrected chi connectivity index (χ0v) is 10.9. The van der Waals surface area contributed by atoms with Gasteiger partial charge in [0.2, 0.25) is 10.0 Å². The summed E-state index contributed by atoms with van der Waals surface area (Å²) in [4.78, 5) is 0.124. The standard InChI is InChI=1S/C12H18N2O2S/c1-4-5-10(3)14-17(15,16)12-7-6-9(2)8-11(12)13/h4,6-8,10,14H,1,5,13H2,2-3H3. The molecule has 0 spiro atoms. The van der Waals surface area contributed by atoms with Crippen LogP contribution >= 0.6 is 0 Å². The fourth-order valence-electron chi connectivity index (χ4n) is 1.54. The van der Waals surface area contributed by atoms with Gasteiger partial charge in [-0.3, -0.25) is 0 Å². The average Bonchev–Trinajstić information content (AvgIpc) is 2.15. The van der Waals surface area contributed by atoms with E-state index in [1.807, 2.05) is 6.92 Å². The minimum Gasteiger partial charge on any atom is -0.398 e. The van der Waals surface area contributed by atoms with E-state index in [4.69, 9.17) is 5.73 Å². The molecule has 0 aliphatic rings. The van der Waals surface area contributed by atoms with Gasteiger partial charge in [-0.25, -0.2) is 13.1 Å². The molecule has 1 aromatic carbocycles. The van der Waals surface area contributed by atoms with Crippen molar-refractivity contribution in [2.75, 3.05) is 5.73 Å². The first kappa shape index (κ1) is 13.7. The molecule has 3 N–H and O–H groups in total. The molecule has 0 heterocycles. The molecule has 0 amide bonds. The Morgan fingerprint density at radius 1 is 1.53 bits per heavy atom. The second-order valence-corrected chi connectivity index (χ2v) is 5.77. The Kier molecular flexibility index (Phi) is 4.31. The van der Waals surface area contributed by atoms with Gasteiger partial charge in [0.05, 0.1) is 5.69 Å². The molecule has 0 aliphatic carbocycles. The van der Waals surface area contributed by atoms with Gasteiger partial charge >= 0.3 is 0 Å². The molecular weight excluding hydrogens is 236 g/mol. The number of nitrogen functional groups attached to an aromatic ring is 1. The molecule has 1 aromatic rings. The Balaban J connectivity index is 3.01. The minimum atomic E-state index is -3.55. The number of sulfonamides is 1. The van der Waals surface area contributed by atoms with E-state index < -0.39 is 10.0 Å². The van der Waals surface area contributed by atoms with Gasteiger partial charge in [0.15, 0.2) is 0 Å². The highest BCUT2D eigenvalue weighted by molar-refractivity contribution is 7.89. The number of nitrogens with one attached hydrogen (secondary N) is 1. The third-order valence-electron chi connectivity index (χ3n) is 2.33. The predicted octanol–water partition coefficient (Wildman–Crippen LogP) is 1.82. The summed E-state index contributed by atoms with van der Waals surface area (Å²) < 4.78 is 26.6. The third-order valence-corrected chi connectivity index (χ3v) is 3.99. The smallest absolute Gasteiger partial charge is 0.242 e. The first-order chi connectivity index (χ1) is 7.86. The molecule has 1 atom stereocenters. The molecule has 94 valence electrons. The topological polar surface area (TPSA) is 72.2 Å². The Labute approximate surface area is 103 Å². The summed E-state index contributed by atoms with van der Waals surface area (Å²) in [6.07, 6.45) is 2.25. The second kappa shape index (κ2) is 5.33. The van der Waals surface area contributed by atoms with E-state index in [9.17, 15) is 8.42 Å². The van der Waals surface area contributed by atoms with Crippen molar-refractivity contribution < 1.29 is 8.42 Å². The van der Waals surface area contributed by atoms with Crippen molar-refractivity contribution in [2.24, 2.45) is 0 Å². The number of rotatable bonds is 5. The van der Waals surface area contributed by atoms with Crippen LogP contribution in [0.5, 0.6) is 0 Å². The van der Waals surface area contributed by atoms with E-state index >= 15 is 0 Å². The van der Waals surface area contributed by atoms with Gasteiger partial charge in [0, 0.05) is 6.04 Å². The van der Waals surface area contributed by atoms with Crippen LogP contribution < -0.4 is 10.5 Å². The van der Waals surface area contributed by atoms with Crippen molar-refractivity contribution in [1.82, 2.24) is 4.72 Å². The number of nitrogens with two attached hydrogens (primary N) is 1. The summed E-state index contributed by atoms with van der Waals surface area (Å²) in [5, 5.41) is 0. The lowest BCUT2D eigenvalue weighted by molar-refractivity contribution is 0.562. The number of anilines is 1. The molecule has 1 rings (SSSR count). The fraction of sp³-hybridized carbons (Fsp3) is 0.333. The summed E-state index contributed by atoms with van der Waals surface area (Å²) in [6.45, 7) is 7.22. The molecule has 0 saturated carbocycles. The van der Waals surface area contributed by atoms with Gasteiger partial charge in [-0.2, -0.15) is 0 Å². The van der Waals surface area contributed by atoms with Gasteiger partial charge in [0.25, 0.3) is 0 Å². The van der Waals surface area contributed by atoms with Gasteiger partial charge in [0.1, 0.15) is 4.90 Å². The molecule has 1 unspecified atom stereocenters. The van der Waals surface area contributed by atoms with Crippen molar-refractivity contribution in [3.63, 3.8) is 0 Å². The van der Waals surface area contributed by atoms with Crippen molar-refractivity contribution >= 4 is 15.7 Å². The van der Waals surface area contributed by atoms with Crippen LogP contribution in [0, 0.1) is 6.92 Å². The van der Waals surface area contributed by atoms with E-state index in [1.165, 1.54) is 6.07 Å². The first-order valence-corrected chi connectivity index (χ1v) is 6.84. The van der Waals surface area contributed by atoms with Crippen LogP contribution in [-0.2, 0) is 10.0 Å². The molecule has 0 aliphatic heterocycles. The maximum absolute atomic E-state index is 12.0. The summed E-state index contributed by atoms with van der Waals surface area (Å²) in [5.41, 5.74) is 6.92. The Morgan fingerprint density at radius 2 is 2.18 bits per heavy atom. The predicted molar refractivity (Wildman–Crippen MR) is 70.2 cm³/mol. The highest BCUT2D eigenvalue weighted by Crippen LogP contribution is 2.19. The highest BCUT2D eigenvalue weighted by atomic mass is 32.2. The van der Waals surface area contributed by atoms with Crippen LogP contribution in [0.4, 0.5) is 5.69 Å². The van der Waals surface area contributed by atoms with E-state index in [-0.39, 0.29) is 16.6 Å². The Bertz CT molecular complexity index is 509. The molecule has 0 radical (unpaired) electrons. The van der Waals surface area contributed by atoms with E-state index in [2.05, 4.69) is 11.3 Å². The van der Waals surface area contributed by atoms with Crippen LogP contribution in [0.25, 0.3) is 0 Å². The van der Waals surface area contributed by atoms with Gasteiger partial charge in [-0.15, -0.1) is 6.58 Å². The monoisotopic (exact) mass is 254 g/mol. The maximum atomic E-state index is 12.0. The van der Waals surface area contributed by atoms with Crippen LogP contribution in [0.15, 0.2) is 35.7 Å². The molecule has 0 aromatic heterocycles. The van der Waals surface area contributed by atoms with Crippen LogP contribution in [0.1, 0.15) is 18.9 Å². The summed E-state index contributed by atoms with van der Waals surface area (Å²) in [5.74, 6) is 0. The first-order valence-electron chi connectivity index (χ1n) is 5.36. The van der Waals surface area contributed by atoms with Gasteiger partial charge < -0.3 is 5.73 Å². The number of aryl methyl sites for hydroxylation is 1. The van der Waals surface area contributed by atoms with Crippen LogP contribution in [-0.4, -0.2) is 14.5 Å². The van der Waals surface area contributed by atoms with Gasteiger partial charge in [-0.05, 0) is 38.0 Å². The van der Waals surface area contributed by atoms with Crippen molar-refractivity contribution in [3.8, 4) is 0 Å². The quantitative estimate of drug-likeness (QED) is 0.622. The molecule has 17 heavy (non-hydrogen) atoms. The number of hydrogen-bond donors (Lipinski definition) is 2. The summed E-state index contributed by atoms with van der Waals surface area (Å²) >= 11 is 0. The molecule has 4 nitrogen and oxygen atoms in total. The maximum Gasteiger partial charge on any atom is 0.242 e. The van der Waals surface area contributed by atoms with Crippen molar-refractivity contribution in [3.05, 3.63) is 36.4 Å². The van der Waals surface area contributed by atoms with Crippen LogP contribution in [0.3, 0.4) is 0 Å². The molecule has 0 bridgehead atoms. The minimum absolute atomic E-state index is 0.124. The lowest BCUT2D eigenvalue weighted by Crippen LogP contribution is -2.32. The van der Waals surface area contributed by atoms with E-state index in [0.717, 1.165) is 5.56 Å². The van der Waals surface area contributed by atoms with Crippen LogP contribution in [0.2, 0.25) is 0 Å². The number of benzene rings is 1. The van der Waals surface area contributed by atoms with Crippen molar-refractivity contribution in [2.45, 2.75) is 31.2 Å².